The zero-order valence-corrected chi connectivity index (χ0v) is 26.8. The summed E-state index contributed by atoms with van der Waals surface area (Å²) in [5.41, 5.74) is 8.35. The molecule has 1 fully saturated rings. The van der Waals surface area contributed by atoms with Crippen LogP contribution in [-0.4, -0.2) is 66.2 Å². The Balaban J connectivity index is 1.58. The van der Waals surface area contributed by atoms with E-state index >= 15 is 0 Å². The molecule has 5 rings (SSSR count). The van der Waals surface area contributed by atoms with Crippen LogP contribution in [0.5, 0.6) is 0 Å². The molecule has 1 amide bonds. The highest BCUT2D eigenvalue weighted by atomic mass is 32.2. The van der Waals surface area contributed by atoms with Crippen molar-refractivity contribution in [3.63, 3.8) is 0 Å². The number of carboxylic acids is 2. The van der Waals surface area contributed by atoms with Gasteiger partial charge in [0.1, 0.15) is 0 Å². The van der Waals surface area contributed by atoms with E-state index in [1.165, 1.54) is 11.8 Å². The lowest BCUT2D eigenvalue weighted by atomic mass is 9.91. The fourth-order valence-electron chi connectivity index (χ4n) is 6.75. The largest absolute Gasteiger partial charge is 0.495 e. The molecule has 0 spiro atoms. The third kappa shape index (κ3) is 6.33. The van der Waals surface area contributed by atoms with Gasteiger partial charge in [-0.1, -0.05) is 13.8 Å². The molecule has 1 unspecified atom stereocenters. The Morgan fingerprint density at radius 3 is 2.23 bits per heavy atom. The van der Waals surface area contributed by atoms with Crippen LogP contribution in [0, 0.1) is 19.8 Å². The number of hydrogen-bond acceptors (Lipinski definition) is 5. The van der Waals surface area contributed by atoms with Crippen molar-refractivity contribution in [1.82, 2.24) is 20.6 Å². The average molecular weight is 624 g/mol. The molecule has 2 aromatic rings. The lowest BCUT2D eigenvalue weighted by Crippen LogP contribution is -2.30. The fourth-order valence-corrected chi connectivity index (χ4v) is 7.60. The molecule has 10 nitrogen and oxygen atoms in total. The fraction of sp³-hybridized carbons (Fsp3) is 0.485. The van der Waals surface area contributed by atoms with E-state index in [4.69, 9.17) is 0 Å². The highest BCUT2D eigenvalue weighted by Gasteiger charge is 2.46. The summed E-state index contributed by atoms with van der Waals surface area (Å²) >= 11 is 1.33. The number of rotatable bonds is 12. The van der Waals surface area contributed by atoms with Crippen LogP contribution < -0.4 is 21.3 Å². The van der Waals surface area contributed by atoms with Gasteiger partial charge in [-0.25, -0.2) is 0 Å². The average Bonchev–Trinajstić information content (AvgIpc) is 3.53. The van der Waals surface area contributed by atoms with Crippen molar-refractivity contribution in [2.75, 3.05) is 5.75 Å². The van der Waals surface area contributed by atoms with Crippen LogP contribution in [-0.2, 0) is 45.4 Å². The minimum Gasteiger partial charge on any atom is -0.495 e. The van der Waals surface area contributed by atoms with Crippen LogP contribution >= 0.6 is 0 Å². The second-order valence-corrected chi connectivity index (χ2v) is 13.5. The molecule has 11 heteroatoms. The lowest BCUT2D eigenvalue weighted by Gasteiger charge is -2.17. The number of nitrogens with one attached hydrogen (secondary N) is 4. The summed E-state index contributed by atoms with van der Waals surface area (Å²) < 4.78 is 0. The van der Waals surface area contributed by atoms with Crippen molar-refractivity contribution in [2.24, 2.45) is 5.92 Å². The molecule has 0 saturated carbocycles. The maximum absolute atomic E-state index is 12.5. The highest BCUT2D eigenvalue weighted by Crippen LogP contribution is 2.32. The number of thiol groups is 1. The Labute approximate surface area is 260 Å². The maximum Gasteiger partial charge on any atom is 0.303 e. The number of aliphatic hydroxyl groups is 1. The Morgan fingerprint density at radius 1 is 0.977 bits per heavy atom. The van der Waals surface area contributed by atoms with E-state index in [9.17, 15) is 29.7 Å². The summed E-state index contributed by atoms with van der Waals surface area (Å²) in [5.74, 6) is -0.374. The summed E-state index contributed by atoms with van der Waals surface area (Å²) in [7, 11) is 0. The monoisotopic (exact) mass is 623 g/mol. The first-order valence-electron chi connectivity index (χ1n) is 15.3. The molecular formula is C33H43N4O6S+. The molecule has 4 atom stereocenters. The molecule has 0 bridgehead atoms. The van der Waals surface area contributed by atoms with Gasteiger partial charge in [-0.3, -0.25) is 14.4 Å². The standard InChI is InChI=1S/C33H42N4O6S/c1-6-19-15(2)24(36-33(19)43)11-22-16(3)20(7-9-29(38)39)25(34-22)13-26-21(8-10-30(40)41)17(4)23(35-26)12-27-31(28-14-44-28)18(5)32(42)37-27/h12-13,15,24,27-28,34-36,43H,6-11,14H2,1-5H3,(H,37,42)(H,38,39)(H,40,41)/p+1/b23-12-,26-13-/t15?,24-,27+,28+/m1/s1. The van der Waals surface area contributed by atoms with Crippen molar-refractivity contribution >= 4 is 41.8 Å². The first-order chi connectivity index (χ1) is 20.9. The second-order valence-electron chi connectivity index (χ2n) is 12.2. The second kappa shape index (κ2) is 12.6. The van der Waals surface area contributed by atoms with Crippen molar-refractivity contribution in [3.8, 4) is 0 Å². The van der Waals surface area contributed by atoms with Gasteiger partial charge in [0.15, 0.2) is 16.9 Å². The van der Waals surface area contributed by atoms with Gasteiger partial charge in [0.25, 0.3) is 0 Å². The number of carboxylic acid groups (broad SMARTS) is 2. The SMILES string of the molecule is CCC1=C(O)N[C@H](Cc2[nH]c(/C=c3\[nH]/c(=C\[C@@H]4NC(=O)C(C)=C4[C@@H]4C[SH+]4)c(C)c3CCC(=O)O)c(CCC(=O)O)c2C)C1C. The van der Waals surface area contributed by atoms with Crippen LogP contribution in [0.15, 0.2) is 22.6 Å². The summed E-state index contributed by atoms with van der Waals surface area (Å²) in [5, 5.41) is 37.7. The number of carbonyl (C=O) groups is 3. The van der Waals surface area contributed by atoms with Crippen molar-refractivity contribution in [2.45, 2.75) is 90.5 Å². The molecule has 236 valence electrons. The van der Waals surface area contributed by atoms with E-state index in [0.717, 1.165) is 73.2 Å². The van der Waals surface area contributed by atoms with E-state index in [2.05, 4.69) is 27.5 Å². The highest BCUT2D eigenvalue weighted by molar-refractivity contribution is 7.87. The maximum atomic E-state index is 12.5. The molecule has 3 aliphatic rings. The zero-order valence-electron chi connectivity index (χ0n) is 25.9. The van der Waals surface area contributed by atoms with E-state index < -0.39 is 11.9 Å². The van der Waals surface area contributed by atoms with Gasteiger partial charge in [0, 0.05) is 64.5 Å². The zero-order chi connectivity index (χ0) is 31.9. The predicted molar refractivity (Wildman–Crippen MR) is 172 cm³/mol. The molecule has 0 aliphatic carbocycles. The number of hydrogen-bond donors (Lipinski definition) is 7. The quantitative estimate of drug-likeness (QED) is 0.108. The molecular weight excluding hydrogens is 580 g/mol. The van der Waals surface area contributed by atoms with Crippen molar-refractivity contribution < 1.29 is 29.7 Å². The Hall–Kier alpha value is -3.86. The normalized spacial score (nSPS) is 24.0. The lowest BCUT2D eigenvalue weighted by molar-refractivity contribution is -0.138. The number of aromatic amines is 2. The minimum absolute atomic E-state index is 0.000667. The predicted octanol–water partition coefficient (Wildman–Crippen LogP) is 1.95. The third-order valence-corrected chi connectivity index (χ3v) is 10.5. The summed E-state index contributed by atoms with van der Waals surface area (Å²) in [6.07, 6.45) is 5.98. The third-order valence-electron chi connectivity index (χ3n) is 9.47. The number of aromatic nitrogens is 2. The Morgan fingerprint density at radius 2 is 1.64 bits per heavy atom. The van der Waals surface area contributed by atoms with E-state index in [1.807, 2.05) is 39.8 Å². The summed E-state index contributed by atoms with van der Waals surface area (Å²) in [6.45, 7) is 9.96. The molecule has 0 radical (unpaired) electrons. The Bertz CT molecular complexity index is 1690. The molecule has 7 N–H and O–H groups in total. The van der Waals surface area contributed by atoms with E-state index in [0.29, 0.717) is 24.5 Å². The number of amides is 1. The number of aliphatic carboxylic acids is 2. The van der Waals surface area contributed by atoms with Crippen LogP contribution in [0.4, 0.5) is 0 Å². The molecule has 44 heavy (non-hydrogen) atoms. The first kappa shape index (κ1) is 31.6. The topological polar surface area (TPSA) is 168 Å². The van der Waals surface area contributed by atoms with Gasteiger partial charge in [-0.05, 0) is 91.8 Å². The van der Waals surface area contributed by atoms with E-state index in [-0.39, 0.29) is 42.6 Å². The molecule has 5 heterocycles. The number of carbonyl (C=O) groups excluding carboxylic acids is 1. The van der Waals surface area contributed by atoms with E-state index in [1.54, 1.807) is 0 Å². The molecule has 2 aromatic heterocycles. The van der Waals surface area contributed by atoms with Crippen molar-refractivity contribution in [1.29, 1.82) is 0 Å². The van der Waals surface area contributed by atoms with Gasteiger partial charge in [0.05, 0.1) is 6.04 Å². The van der Waals surface area contributed by atoms with Gasteiger partial charge in [-0.15, -0.1) is 0 Å². The molecule has 1 saturated heterocycles. The smallest absolute Gasteiger partial charge is 0.303 e. The number of aliphatic hydroxyl groups excluding tert-OH is 1. The molecule has 0 aromatic carbocycles. The Kier molecular flexibility index (Phi) is 9.06. The summed E-state index contributed by atoms with van der Waals surface area (Å²) in [6, 6.07) is -0.217. The van der Waals surface area contributed by atoms with Crippen LogP contribution in [0.2, 0.25) is 0 Å². The van der Waals surface area contributed by atoms with Crippen LogP contribution in [0.3, 0.4) is 0 Å². The minimum atomic E-state index is -0.889. The molecule has 3 aliphatic heterocycles. The summed E-state index contributed by atoms with van der Waals surface area (Å²) in [4.78, 5) is 42.7. The number of H-pyrrole nitrogens is 2. The first-order valence-corrected chi connectivity index (χ1v) is 16.5. The van der Waals surface area contributed by atoms with Crippen LogP contribution in [0.25, 0.3) is 12.2 Å². The van der Waals surface area contributed by atoms with Crippen molar-refractivity contribution in [3.05, 3.63) is 66.9 Å². The van der Waals surface area contributed by atoms with Gasteiger partial charge < -0.3 is 35.9 Å². The van der Waals surface area contributed by atoms with Crippen LogP contribution in [0.1, 0.15) is 73.7 Å². The van der Waals surface area contributed by atoms with Gasteiger partial charge in [-0.2, -0.15) is 0 Å². The van der Waals surface area contributed by atoms with Gasteiger partial charge in [0.2, 0.25) is 5.91 Å². The van der Waals surface area contributed by atoms with Gasteiger partial charge >= 0.3 is 11.9 Å².